The van der Waals surface area contributed by atoms with Gasteiger partial charge in [-0.25, -0.2) is 0 Å². The Bertz CT molecular complexity index is 410. The lowest BCUT2D eigenvalue weighted by Crippen LogP contribution is -2.21. The summed E-state index contributed by atoms with van der Waals surface area (Å²) in [5.74, 6) is 0.835. The minimum Gasteiger partial charge on any atom is -0.497 e. The van der Waals surface area contributed by atoms with Gasteiger partial charge in [0.15, 0.2) is 0 Å². The van der Waals surface area contributed by atoms with Crippen LogP contribution < -0.4 is 10.1 Å². The van der Waals surface area contributed by atoms with E-state index in [1.54, 1.807) is 13.4 Å². The zero-order valence-electron chi connectivity index (χ0n) is 11.5. The number of aryl methyl sites for hydroxylation is 1. The van der Waals surface area contributed by atoms with Gasteiger partial charge in [-0.2, -0.15) is 0 Å². The number of rotatable bonds is 7. The summed E-state index contributed by atoms with van der Waals surface area (Å²) in [6.07, 6.45) is 2.66. The number of nitrogens with zero attached hydrogens (tertiary/aromatic N) is 1. The van der Waals surface area contributed by atoms with Crippen LogP contribution in [0.3, 0.4) is 0 Å². The molecule has 2 unspecified atom stereocenters. The SMILES string of the molecule is COc1cc(C)nc(CNCCC(C)S(C)=O)c1. The molecule has 5 heteroatoms. The van der Waals surface area contributed by atoms with Crippen LogP contribution in [0.4, 0.5) is 0 Å². The van der Waals surface area contributed by atoms with E-state index in [1.165, 1.54) is 0 Å². The summed E-state index contributed by atoms with van der Waals surface area (Å²) in [6, 6.07) is 3.84. The molecule has 4 nitrogen and oxygen atoms in total. The third kappa shape index (κ3) is 5.14. The Morgan fingerprint density at radius 1 is 1.50 bits per heavy atom. The molecule has 2 atom stereocenters. The van der Waals surface area contributed by atoms with Crippen molar-refractivity contribution in [3.05, 3.63) is 23.5 Å². The Hall–Kier alpha value is -0.940. The molecule has 0 spiro atoms. The minimum absolute atomic E-state index is 0.234. The second-order valence-electron chi connectivity index (χ2n) is 4.41. The lowest BCUT2D eigenvalue weighted by molar-refractivity contribution is 0.412. The molecule has 102 valence electrons. The summed E-state index contributed by atoms with van der Waals surface area (Å²) in [5, 5.41) is 3.55. The topological polar surface area (TPSA) is 51.2 Å². The summed E-state index contributed by atoms with van der Waals surface area (Å²) in [5.41, 5.74) is 1.92. The van der Waals surface area contributed by atoms with Crippen molar-refractivity contribution >= 4 is 10.8 Å². The number of hydrogen-bond acceptors (Lipinski definition) is 4. The van der Waals surface area contributed by atoms with Crippen LogP contribution in [-0.2, 0) is 17.3 Å². The summed E-state index contributed by atoms with van der Waals surface area (Å²) in [6.45, 7) is 5.51. The van der Waals surface area contributed by atoms with Crippen LogP contribution in [0.2, 0.25) is 0 Å². The third-order valence-corrected chi connectivity index (χ3v) is 4.19. The van der Waals surface area contributed by atoms with Crippen molar-refractivity contribution < 1.29 is 8.95 Å². The van der Waals surface area contributed by atoms with Gasteiger partial charge in [-0.05, 0) is 19.9 Å². The first-order valence-corrected chi connectivity index (χ1v) is 7.69. The van der Waals surface area contributed by atoms with Gasteiger partial charge >= 0.3 is 0 Å². The molecule has 1 heterocycles. The standard InChI is InChI=1S/C13H22N2O2S/c1-10-7-13(17-3)8-12(15-10)9-14-6-5-11(2)18(4)16/h7-8,11,14H,5-6,9H2,1-4H3. The first kappa shape index (κ1) is 15.1. The average molecular weight is 270 g/mol. The highest BCUT2D eigenvalue weighted by Crippen LogP contribution is 2.13. The highest BCUT2D eigenvalue weighted by molar-refractivity contribution is 7.84. The van der Waals surface area contributed by atoms with Gasteiger partial charge in [0.1, 0.15) is 5.75 Å². The molecule has 0 aliphatic rings. The molecule has 0 aliphatic heterocycles. The van der Waals surface area contributed by atoms with Crippen LogP contribution in [0.15, 0.2) is 12.1 Å². The molecule has 1 N–H and O–H groups in total. The molecule has 0 amide bonds. The number of hydrogen-bond donors (Lipinski definition) is 1. The van der Waals surface area contributed by atoms with Crippen LogP contribution in [0, 0.1) is 6.92 Å². The Morgan fingerprint density at radius 2 is 2.22 bits per heavy atom. The number of pyridine rings is 1. The summed E-state index contributed by atoms with van der Waals surface area (Å²) < 4.78 is 16.4. The zero-order chi connectivity index (χ0) is 13.5. The van der Waals surface area contributed by atoms with E-state index in [1.807, 2.05) is 26.0 Å². The van der Waals surface area contributed by atoms with E-state index in [0.29, 0.717) is 6.54 Å². The lowest BCUT2D eigenvalue weighted by Gasteiger charge is -2.10. The average Bonchev–Trinajstić information content (AvgIpc) is 2.33. The van der Waals surface area contributed by atoms with Gasteiger partial charge in [0.25, 0.3) is 0 Å². The fourth-order valence-corrected chi connectivity index (χ4v) is 2.05. The molecular formula is C13H22N2O2S. The van der Waals surface area contributed by atoms with Crippen molar-refractivity contribution in [2.75, 3.05) is 19.9 Å². The molecule has 0 bridgehead atoms. The molecule has 18 heavy (non-hydrogen) atoms. The first-order chi connectivity index (χ1) is 8.52. The maximum Gasteiger partial charge on any atom is 0.122 e. The smallest absolute Gasteiger partial charge is 0.122 e. The predicted octanol–water partition coefficient (Wildman–Crippen LogP) is 1.65. The summed E-state index contributed by atoms with van der Waals surface area (Å²) >= 11 is 0. The third-order valence-electron chi connectivity index (χ3n) is 2.82. The van der Waals surface area contributed by atoms with E-state index >= 15 is 0 Å². The van der Waals surface area contributed by atoms with Crippen molar-refractivity contribution in [2.45, 2.75) is 32.1 Å². The van der Waals surface area contributed by atoms with Crippen LogP contribution >= 0.6 is 0 Å². The molecule has 1 rings (SSSR count). The summed E-state index contributed by atoms with van der Waals surface area (Å²) in [4.78, 5) is 4.43. The molecular weight excluding hydrogens is 248 g/mol. The van der Waals surface area contributed by atoms with Gasteiger partial charge in [-0.3, -0.25) is 9.19 Å². The second-order valence-corrected chi connectivity index (χ2v) is 6.22. The first-order valence-electron chi connectivity index (χ1n) is 6.07. The molecule has 0 aliphatic carbocycles. The van der Waals surface area contributed by atoms with Crippen LogP contribution in [0.5, 0.6) is 5.75 Å². The minimum atomic E-state index is -0.743. The van der Waals surface area contributed by atoms with E-state index in [4.69, 9.17) is 4.74 Å². The number of ether oxygens (including phenoxy) is 1. The quantitative estimate of drug-likeness (QED) is 0.765. The van der Waals surface area contributed by atoms with Crippen LogP contribution in [-0.4, -0.2) is 34.4 Å². The molecule has 0 fully saturated rings. The van der Waals surface area contributed by atoms with Crippen molar-refractivity contribution in [2.24, 2.45) is 0 Å². The van der Waals surface area contributed by atoms with E-state index < -0.39 is 10.8 Å². The van der Waals surface area contributed by atoms with Crippen LogP contribution in [0.1, 0.15) is 24.7 Å². The van der Waals surface area contributed by atoms with Gasteiger partial charge in [0, 0.05) is 46.7 Å². The van der Waals surface area contributed by atoms with Gasteiger partial charge in [-0.1, -0.05) is 6.92 Å². The fraction of sp³-hybridized carbons (Fsp3) is 0.615. The Kier molecular flexibility index (Phi) is 6.29. The molecule has 1 aromatic rings. The molecule has 0 saturated carbocycles. The maximum atomic E-state index is 11.2. The van der Waals surface area contributed by atoms with Crippen LogP contribution in [0.25, 0.3) is 0 Å². The highest BCUT2D eigenvalue weighted by Gasteiger charge is 2.05. The van der Waals surface area contributed by atoms with Gasteiger partial charge < -0.3 is 10.1 Å². The normalized spacial score (nSPS) is 14.2. The van der Waals surface area contributed by atoms with Gasteiger partial charge in [0.05, 0.1) is 12.8 Å². The molecule has 0 aromatic carbocycles. The maximum absolute atomic E-state index is 11.2. The Morgan fingerprint density at radius 3 is 2.83 bits per heavy atom. The van der Waals surface area contributed by atoms with Crippen molar-refractivity contribution in [3.8, 4) is 5.75 Å². The zero-order valence-corrected chi connectivity index (χ0v) is 12.3. The molecule has 0 radical (unpaired) electrons. The van der Waals surface area contributed by atoms with Crippen molar-refractivity contribution in [1.82, 2.24) is 10.3 Å². The Labute approximate surface area is 112 Å². The monoisotopic (exact) mass is 270 g/mol. The number of methoxy groups -OCH3 is 1. The van der Waals surface area contributed by atoms with Gasteiger partial charge in [-0.15, -0.1) is 0 Å². The summed E-state index contributed by atoms with van der Waals surface area (Å²) in [7, 11) is 0.914. The van der Waals surface area contributed by atoms with E-state index in [-0.39, 0.29) is 5.25 Å². The number of nitrogens with one attached hydrogen (secondary N) is 1. The van der Waals surface area contributed by atoms with Gasteiger partial charge in [0.2, 0.25) is 0 Å². The van der Waals surface area contributed by atoms with Crippen molar-refractivity contribution in [3.63, 3.8) is 0 Å². The fourth-order valence-electron chi connectivity index (χ4n) is 1.60. The largest absolute Gasteiger partial charge is 0.497 e. The van der Waals surface area contributed by atoms with E-state index in [0.717, 1.165) is 30.1 Å². The highest BCUT2D eigenvalue weighted by atomic mass is 32.2. The Balaban J connectivity index is 2.39. The number of aromatic nitrogens is 1. The van der Waals surface area contributed by atoms with Crippen molar-refractivity contribution in [1.29, 1.82) is 0 Å². The predicted molar refractivity (Wildman–Crippen MR) is 75.4 cm³/mol. The molecule has 0 saturated heterocycles. The van der Waals surface area contributed by atoms with E-state index in [2.05, 4.69) is 10.3 Å². The second kappa shape index (κ2) is 7.48. The lowest BCUT2D eigenvalue weighted by atomic mass is 10.2. The van der Waals surface area contributed by atoms with E-state index in [9.17, 15) is 4.21 Å². The molecule has 1 aromatic heterocycles.